The molecule has 2 rings (SSSR count). The molecule has 0 spiro atoms. The van der Waals surface area contributed by atoms with Gasteiger partial charge in [-0.25, -0.2) is 4.79 Å². The first-order valence-corrected chi connectivity index (χ1v) is 8.76. The lowest BCUT2D eigenvalue weighted by atomic mass is 9.97. The van der Waals surface area contributed by atoms with Crippen molar-refractivity contribution in [3.63, 3.8) is 0 Å². The highest BCUT2D eigenvalue weighted by molar-refractivity contribution is 9.10. The van der Waals surface area contributed by atoms with E-state index in [1.54, 1.807) is 6.07 Å². The molecule has 0 saturated heterocycles. The number of benzene rings is 2. The van der Waals surface area contributed by atoms with Crippen LogP contribution in [0.3, 0.4) is 0 Å². The summed E-state index contributed by atoms with van der Waals surface area (Å²) in [5.74, 6) is -1.09. The van der Waals surface area contributed by atoms with Crippen molar-refractivity contribution in [3.05, 3.63) is 58.1 Å². The number of phenolic OH excluding ortho intramolecular Hbond substituents is 1. The molecule has 0 unspecified atom stereocenters. The Morgan fingerprint density at radius 1 is 1.24 bits per heavy atom. The predicted octanol–water partition coefficient (Wildman–Crippen LogP) is 4.46. The lowest BCUT2D eigenvalue weighted by molar-refractivity contribution is -0.119. The zero-order valence-corrected chi connectivity index (χ0v) is 15.7. The third kappa shape index (κ3) is 5.06. The number of hydrogen-bond donors (Lipinski definition) is 2. The summed E-state index contributed by atoms with van der Waals surface area (Å²) in [5, 5.41) is 12.5. The normalized spacial score (nSPS) is 11.6. The average Bonchev–Trinajstić information content (AvgIpc) is 2.61. The van der Waals surface area contributed by atoms with Crippen LogP contribution in [0.15, 0.2) is 46.9 Å². The van der Waals surface area contributed by atoms with Crippen LogP contribution in [0.2, 0.25) is 0 Å². The smallest absolute Gasteiger partial charge is 0.342 e. The first kappa shape index (κ1) is 19.0. The lowest BCUT2D eigenvalue weighted by Gasteiger charge is -2.15. The highest BCUT2D eigenvalue weighted by Crippen LogP contribution is 2.26. The first-order chi connectivity index (χ1) is 11.9. The van der Waals surface area contributed by atoms with Crippen LogP contribution in [0, 0.1) is 0 Å². The van der Waals surface area contributed by atoms with Crippen LogP contribution in [0.25, 0.3) is 0 Å². The summed E-state index contributed by atoms with van der Waals surface area (Å²) in [5.41, 5.74) is 1.75. The van der Waals surface area contributed by atoms with Crippen molar-refractivity contribution in [2.75, 3.05) is 11.9 Å². The topological polar surface area (TPSA) is 75.6 Å². The summed E-state index contributed by atoms with van der Waals surface area (Å²) in [6.45, 7) is 3.73. The van der Waals surface area contributed by atoms with Gasteiger partial charge in [-0.3, -0.25) is 4.79 Å². The number of esters is 1. The molecule has 0 aliphatic carbocycles. The Morgan fingerprint density at radius 2 is 1.96 bits per heavy atom. The molecule has 25 heavy (non-hydrogen) atoms. The molecule has 5 nitrogen and oxygen atoms in total. The number of para-hydroxylation sites is 1. The average molecular weight is 406 g/mol. The zero-order valence-electron chi connectivity index (χ0n) is 14.1. The Labute approximate surface area is 155 Å². The number of ether oxygens (including phenoxy) is 1. The Bertz CT molecular complexity index is 776. The summed E-state index contributed by atoms with van der Waals surface area (Å²) >= 11 is 3.22. The maximum absolute atomic E-state index is 12.1. The van der Waals surface area contributed by atoms with E-state index in [1.807, 2.05) is 24.3 Å². The molecule has 1 atom stereocenters. The van der Waals surface area contributed by atoms with Gasteiger partial charge in [-0.1, -0.05) is 48.0 Å². The third-order valence-electron chi connectivity index (χ3n) is 3.89. The second-order valence-electron chi connectivity index (χ2n) is 5.68. The Balaban J connectivity index is 2.00. The molecule has 0 radical (unpaired) electrons. The largest absolute Gasteiger partial charge is 0.507 e. The number of hydrogen-bond acceptors (Lipinski definition) is 4. The van der Waals surface area contributed by atoms with E-state index in [0.29, 0.717) is 16.1 Å². The number of amides is 1. The second kappa shape index (κ2) is 8.67. The van der Waals surface area contributed by atoms with Gasteiger partial charge in [0.2, 0.25) is 0 Å². The van der Waals surface area contributed by atoms with E-state index >= 15 is 0 Å². The second-order valence-corrected chi connectivity index (χ2v) is 6.60. The Hall–Kier alpha value is -2.34. The monoisotopic (exact) mass is 405 g/mol. The van der Waals surface area contributed by atoms with Crippen molar-refractivity contribution < 1.29 is 19.4 Å². The van der Waals surface area contributed by atoms with Crippen molar-refractivity contribution in [3.8, 4) is 5.75 Å². The molecule has 0 fully saturated rings. The number of carbonyl (C=O) groups is 2. The quantitative estimate of drug-likeness (QED) is 0.695. The van der Waals surface area contributed by atoms with E-state index in [1.165, 1.54) is 12.1 Å². The van der Waals surface area contributed by atoms with Gasteiger partial charge >= 0.3 is 5.97 Å². The van der Waals surface area contributed by atoms with Gasteiger partial charge in [-0.2, -0.15) is 0 Å². The fraction of sp³-hybridized carbons (Fsp3) is 0.263. The van der Waals surface area contributed by atoms with Crippen molar-refractivity contribution in [2.24, 2.45) is 0 Å². The minimum absolute atomic E-state index is 0.00202. The number of aromatic hydroxyl groups is 1. The molecule has 2 aromatic rings. The highest BCUT2D eigenvalue weighted by Gasteiger charge is 2.16. The standard InChI is InChI=1S/C19H20BrNO4/c1-3-12(2)14-6-4-5-7-16(14)21-18(23)11-25-19(24)15-10-13(20)8-9-17(15)22/h4-10,12,22H,3,11H2,1-2H3,(H,21,23)/t12-/m0/s1. The van der Waals surface area contributed by atoms with E-state index in [4.69, 9.17) is 4.74 Å². The molecule has 2 N–H and O–H groups in total. The molecule has 0 aliphatic rings. The van der Waals surface area contributed by atoms with Crippen LogP contribution in [0.5, 0.6) is 5.75 Å². The zero-order chi connectivity index (χ0) is 18.4. The molecule has 0 aliphatic heterocycles. The van der Waals surface area contributed by atoms with Crippen LogP contribution in [-0.4, -0.2) is 23.6 Å². The number of carbonyl (C=O) groups excluding carboxylic acids is 2. The molecule has 2 aromatic carbocycles. The molecule has 6 heteroatoms. The SMILES string of the molecule is CC[C@H](C)c1ccccc1NC(=O)COC(=O)c1cc(Br)ccc1O. The van der Waals surface area contributed by atoms with E-state index in [9.17, 15) is 14.7 Å². The molecule has 0 heterocycles. The van der Waals surface area contributed by atoms with Crippen molar-refractivity contribution in [1.29, 1.82) is 0 Å². The van der Waals surface area contributed by atoms with Gasteiger partial charge in [0.05, 0.1) is 0 Å². The summed E-state index contributed by atoms with van der Waals surface area (Å²) in [6.07, 6.45) is 0.948. The lowest BCUT2D eigenvalue weighted by Crippen LogP contribution is -2.21. The number of halogens is 1. The number of rotatable bonds is 6. The van der Waals surface area contributed by atoms with Gasteiger partial charge in [-0.05, 0) is 42.2 Å². The number of anilines is 1. The fourth-order valence-electron chi connectivity index (χ4n) is 2.33. The van der Waals surface area contributed by atoms with Gasteiger partial charge in [0.1, 0.15) is 11.3 Å². The van der Waals surface area contributed by atoms with E-state index < -0.39 is 18.5 Å². The Kier molecular flexibility index (Phi) is 6.58. The maximum Gasteiger partial charge on any atom is 0.342 e. The summed E-state index contributed by atoms with van der Waals surface area (Å²) in [6, 6.07) is 12.0. The van der Waals surface area contributed by atoms with Crippen LogP contribution >= 0.6 is 15.9 Å². The van der Waals surface area contributed by atoms with Crippen molar-refractivity contribution in [1.82, 2.24) is 0 Å². The number of phenols is 1. The minimum atomic E-state index is -0.760. The van der Waals surface area contributed by atoms with Crippen LogP contribution in [0.1, 0.15) is 42.1 Å². The van der Waals surface area contributed by atoms with Gasteiger partial charge in [-0.15, -0.1) is 0 Å². The molecule has 0 aromatic heterocycles. The molecule has 1 amide bonds. The van der Waals surface area contributed by atoms with Crippen LogP contribution < -0.4 is 5.32 Å². The van der Waals surface area contributed by atoms with Gasteiger partial charge < -0.3 is 15.2 Å². The summed E-state index contributed by atoms with van der Waals surface area (Å²) in [7, 11) is 0. The summed E-state index contributed by atoms with van der Waals surface area (Å²) < 4.78 is 5.62. The maximum atomic E-state index is 12.1. The van der Waals surface area contributed by atoms with Crippen LogP contribution in [0.4, 0.5) is 5.69 Å². The Morgan fingerprint density at radius 3 is 2.68 bits per heavy atom. The van der Waals surface area contributed by atoms with Crippen molar-refractivity contribution >= 4 is 33.5 Å². The van der Waals surface area contributed by atoms with E-state index in [2.05, 4.69) is 35.1 Å². The van der Waals surface area contributed by atoms with Crippen LogP contribution in [-0.2, 0) is 9.53 Å². The third-order valence-corrected chi connectivity index (χ3v) is 4.38. The molecular formula is C19H20BrNO4. The van der Waals surface area contributed by atoms with Gasteiger partial charge in [0.15, 0.2) is 6.61 Å². The molecule has 132 valence electrons. The predicted molar refractivity (Wildman–Crippen MR) is 99.9 cm³/mol. The molecule has 0 saturated carbocycles. The molecular weight excluding hydrogens is 386 g/mol. The molecule has 0 bridgehead atoms. The van der Waals surface area contributed by atoms with E-state index in [0.717, 1.165) is 12.0 Å². The van der Waals surface area contributed by atoms with Crippen molar-refractivity contribution in [2.45, 2.75) is 26.2 Å². The van der Waals surface area contributed by atoms with E-state index in [-0.39, 0.29) is 11.3 Å². The van der Waals surface area contributed by atoms with Gasteiger partial charge in [0.25, 0.3) is 5.91 Å². The van der Waals surface area contributed by atoms with Gasteiger partial charge in [0, 0.05) is 10.2 Å². The summed E-state index contributed by atoms with van der Waals surface area (Å²) in [4.78, 5) is 24.1. The number of nitrogens with one attached hydrogen (secondary N) is 1. The highest BCUT2D eigenvalue weighted by atomic mass is 79.9. The first-order valence-electron chi connectivity index (χ1n) is 7.96. The minimum Gasteiger partial charge on any atom is -0.507 e. The fourth-order valence-corrected chi connectivity index (χ4v) is 2.69.